The van der Waals surface area contributed by atoms with Gasteiger partial charge >= 0.3 is 0 Å². The van der Waals surface area contributed by atoms with E-state index < -0.39 is 11.0 Å². The molecule has 20 heavy (non-hydrogen) atoms. The molecule has 7 heteroatoms. The number of aromatic nitrogens is 2. The van der Waals surface area contributed by atoms with E-state index in [-0.39, 0.29) is 11.3 Å². The van der Waals surface area contributed by atoms with Crippen LogP contribution in [0.1, 0.15) is 57.5 Å². The molecule has 0 amide bonds. The highest BCUT2D eigenvalue weighted by atomic mass is 32.2. The molecule has 1 fully saturated rings. The molecule has 5 nitrogen and oxygen atoms in total. The molecule has 114 valence electrons. The summed E-state index contributed by atoms with van der Waals surface area (Å²) in [4.78, 5) is 6.86. The molecule has 0 aromatic carbocycles. The number of rotatable bonds is 6. The standard InChI is InChI=1S/C13H24N4OS2/c1-4-10(2)20(18)16-11(3)12-14-13(15-19-12)17-8-6-5-7-9-17/h10-11,16H,4-9H2,1-3H3/t10-,11+,20?/m1/s1. The van der Waals surface area contributed by atoms with Crippen LogP contribution >= 0.6 is 11.5 Å². The van der Waals surface area contributed by atoms with Crippen LogP contribution in [-0.2, 0) is 11.0 Å². The van der Waals surface area contributed by atoms with Crippen LogP contribution in [0.25, 0.3) is 0 Å². The lowest BCUT2D eigenvalue weighted by atomic mass is 10.1. The van der Waals surface area contributed by atoms with E-state index in [0.717, 1.165) is 30.5 Å². The molecule has 1 aliphatic heterocycles. The molecule has 2 rings (SSSR count). The molecule has 3 atom stereocenters. The Balaban J connectivity index is 1.95. The summed E-state index contributed by atoms with van der Waals surface area (Å²) in [6, 6.07) is -0.0131. The highest BCUT2D eigenvalue weighted by Gasteiger charge is 2.20. The molecule has 0 radical (unpaired) electrons. The van der Waals surface area contributed by atoms with Crippen molar-refractivity contribution < 1.29 is 4.21 Å². The van der Waals surface area contributed by atoms with E-state index in [0.29, 0.717) is 0 Å². The Kier molecular flexibility index (Phi) is 5.92. The number of hydrogen-bond acceptors (Lipinski definition) is 5. The van der Waals surface area contributed by atoms with Crippen LogP contribution in [0, 0.1) is 0 Å². The zero-order valence-corrected chi connectivity index (χ0v) is 14.1. The first-order valence-corrected chi connectivity index (χ1v) is 9.35. The number of anilines is 1. The minimum atomic E-state index is -1.02. The molecule has 1 N–H and O–H groups in total. The zero-order chi connectivity index (χ0) is 14.5. The molecule has 1 saturated heterocycles. The minimum Gasteiger partial charge on any atom is -0.340 e. The Labute approximate surface area is 127 Å². The van der Waals surface area contributed by atoms with E-state index in [1.54, 1.807) is 0 Å². The van der Waals surface area contributed by atoms with Crippen molar-refractivity contribution in [2.75, 3.05) is 18.0 Å². The van der Waals surface area contributed by atoms with Crippen LogP contribution in [0.3, 0.4) is 0 Å². The lowest BCUT2D eigenvalue weighted by Gasteiger charge is -2.25. The van der Waals surface area contributed by atoms with Crippen molar-refractivity contribution >= 4 is 28.5 Å². The summed E-state index contributed by atoms with van der Waals surface area (Å²) < 4.78 is 19.6. The molecule has 0 spiro atoms. The van der Waals surface area contributed by atoms with Crippen molar-refractivity contribution in [3.63, 3.8) is 0 Å². The highest BCUT2D eigenvalue weighted by Crippen LogP contribution is 2.22. The SMILES string of the molecule is CC[C@@H](C)S(=O)N[C@@H](C)c1nc(N2CCCCC2)ns1. The van der Waals surface area contributed by atoms with E-state index in [9.17, 15) is 4.21 Å². The molecular weight excluding hydrogens is 292 g/mol. The third-order valence-corrected chi connectivity index (χ3v) is 6.21. The van der Waals surface area contributed by atoms with Crippen LogP contribution in [-0.4, -0.2) is 31.9 Å². The molecule has 1 aliphatic rings. The number of nitrogens with one attached hydrogen (secondary N) is 1. The van der Waals surface area contributed by atoms with E-state index in [1.165, 1.54) is 30.8 Å². The van der Waals surface area contributed by atoms with Gasteiger partial charge in [0.15, 0.2) is 0 Å². The number of piperidine rings is 1. The summed E-state index contributed by atoms with van der Waals surface area (Å²) in [6.45, 7) is 8.15. The summed E-state index contributed by atoms with van der Waals surface area (Å²) in [5, 5.41) is 1.08. The predicted octanol–water partition coefficient (Wildman–Crippen LogP) is 2.64. The monoisotopic (exact) mass is 316 g/mol. The second kappa shape index (κ2) is 7.47. The van der Waals surface area contributed by atoms with Gasteiger partial charge in [0.2, 0.25) is 5.95 Å². The molecule has 2 heterocycles. The van der Waals surface area contributed by atoms with Gasteiger partial charge < -0.3 is 4.90 Å². The van der Waals surface area contributed by atoms with Crippen molar-refractivity contribution in [1.82, 2.24) is 14.1 Å². The maximum absolute atomic E-state index is 12.0. The van der Waals surface area contributed by atoms with E-state index in [4.69, 9.17) is 0 Å². The van der Waals surface area contributed by atoms with E-state index >= 15 is 0 Å². The fourth-order valence-corrected chi connectivity index (χ4v) is 3.86. The van der Waals surface area contributed by atoms with Gasteiger partial charge in [0, 0.05) is 18.3 Å². The highest BCUT2D eigenvalue weighted by molar-refractivity contribution is 7.83. The van der Waals surface area contributed by atoms with Gasteiger partial charge in [-0.2, -0.15) is 4.37 Å². The first-order valence-electron chi connectivity index (χ1n) is 7.37. The van der Waals surface area contributed by atoms with Crippen molar-refractivity contribution in [2.24, 2.45) is 0 Å². The van der Waals surface area contributed by atoms with Gasteiger partial charge in [0.25, 0.3) is 0 Å². The summed E-state index contributed by atoms with van der Waals surface area (Å²) in [6.07, 6.45) is 4.65. The minimum absolute atomic E-state index is 0.0131. The topological polar surface area (TPSA) is 58.1 Å². The Morgan fingerprint density at radius 2 is 2.05 bits per heavy atom. The quantitative estimate of drug-likeness (QED) is 0.876. The summed E-state index contributed by atoms with van der Waals surface area (Å²) in [5.74, 6) is 0.840. The van der Waals surface area contributed by atoms with Crippen LogP contribution in [0.2, 0.25) is 0 Å². The third kappa shape index (κ3) is 3.99. The smallest absolute Gasteiger partial charge is 0.237 e. The average Bonchev–Trinajstić information content (AvgIpc) is 2.97. The predicted molar refractivity (Wildman–Crippen MR) is 85.4 cm³/mol. The van der Waals surface area contributed by atoms with Gasteiger partial charge in [0.1, 0.15) is 5.01 Å². The lowest BCUT2D eigenvalue weighted by Crippen LogP contribution is -2.30. The average molecular weight is 316 g/mol. The van der Waals surface area contributed by atoms with Crippen LogP contribution in [0.4, 0.5) is 5.95 Å². The van der Waals surface area contributed by atoms with Gasteiger partial charge in [0.05, 0.1) is 17.0 Å². The molecule has 0 saturated carbocycles. The second-order valence-corrected chi connectivity index (χ2v) is 7.75. The normalized spacial score (nSPS) is 20.6. The summed E-state index contributed by atoms with van der Waals surface area (Å²) in [7, 11) is -1.02. The zero-order valence-electron chi connectivity index (χ0n) is 12.5. The van der Waals surface area contributed by atoms with Gasteiger partial charge in [-0.15, -0.1) is 0 Å². The molecule has 1 unspecified atom stereocenters. The maximum atomic E-state index is 12.0. The molecule has 1 aromatic heterocycles. The Morgan fingerprint density at radius 1 is 1.35 bits per heavy atom. The van der Waals surface area contributed by atoms with Crippen molar-refractivity contribution in [3.8, 4) is 0 Å². The van der Waals surface area contributed by atoms with Gasteiger partial charge in [-0.05, 0) is 51.1 Å². The third-order valence-electron chi connectivity index (χ3n) is 3.67. The van der Waals surface area contributed by atoms with Crippen molar-refractivity contribution in [3.05, 3.63) is 5.01 Å². The number of nitrogens with zero attached hydrogens (tertiary/aromatic N) is 3. The van der Waals surface area contributed by atoms with Gasteiger partial charge in [-0.1, -0.05) is 6.92 Å². The van der Waals surface area contributed by atoms with Crippen LogP contribution in [0.5, 0.6) is 0 Å². The second-order valence-electron chi connectivity index (χ2n) is 5.34. The maximum Gasteiger partial charge on any atom is 0.237 e. The molecule has 1 aromatic rings. The van der Waals surface area contributed by atoms with E-state index in [2.05, 4.69) is 19.0 Å². The molecule has 0 aliphatic carbocycles. The number of hydrogen-bond donors (Lipinski definition) is 1. The lowest BCUT2D eigenvalue weighted by molar-refractivity contribution is 0.569. The fraction of sp³-hybridized carbons (Fsp3) is 0.846. The van der Waals surface area contributed by atoms with E-state index in [1.807, 2.05) is 20.8 Å². The van der Waals surface area contributed by atoms with Crippen LogP contribution in [0.15, 0.2) is 0 Å². The van der Waals surface area contributed by atoms with Crippen molar-refractivity contribution in [2.45, 2.75) is 57.7 Å². The molecule has 0 bridgehead atoms. The van der Waals surface area contributed by atoms with Crippen LogP contribution < -0.4 is 9.62 Å². The first kappa shape index (κ1) is 15.9. The Hall–Kier alpha value is -0.530. The van der Waals surface area contributed by atoms with Gasteiger partial charge in [-0.25, -0.2) is 13.9 Å². The largest absolute Gasteiger partial charge is 0.340 e. The summed E-state index contributed by atoms with van der Waals surface area (Å²) in [5.41, 5.74) is 0. The van der Waals surface area contributed by atoms with Crippen molar-refractivity contribution in [1.29, 1.82) is 0 Å². The first-order chi connectivity index (χ1) is 9.61. The summed E-state index contributed by atoms with van der Waals surface area (Å²) >= 11 is 1.41. The molecular formula is C13H24N4OS2. The Bertz CT molecular complexity index is 445. The van der Waals surface area contributed by atoms with Gasteiger partial charge in [-0.3, -0.25) is 0 Å². The fourth-order valence-electron chi connectivity index (χ4n) is 2.12. The Morgan fingerprint density at radius 3 is 2.70 bits per heavy atom.